The Hall–Kier alpha value is -4.53. The van der Waals surface area contributed by atoms with Gasteiger partial charge in [0.15, 0.2) is 0 Å². The van der Waals surface area contributed by atoms with Crippen LogP contribution in [0.5, 0.6) is 0 Å². The van der Waals surface area contributed by atoms with Crippen LogP contribution < -0.4 is 20.1 Å². The SMILES string of the molecule is Ic1ccc(-c2c3nc(c(-c4ccc(I)cc4)c4ccc([n-]4)[c+](-c4ccc(I)cc4)c4ccc([n-]4)c(-c4ccc(I)cc4)c4ccc2[n-]4)C=C3)cc1.O=C([O-])c1cncnc1.[Mn+3]. The third-order valence-electron chi connectivity index (χ3n) is 9.94. The number of hydrogen-bond donors (Lipinski definition) is 0. The zero-order chi connectivity index (χ0) is 42.0. The third kappa shape index (κ3) is 9.52. The molecule has 62 heavy (non-hydrogen) atoms. The van der Waals surface area contributed by atoms with Gasteiger partial charge in [0.05, 0.1) is 22.9 Å². The van der Waals surface area contributed by atoms with Gasteiger partial charge in [0, 0.05) is 49.9 Å². The summed E-state index contributed by atoms with van der Waals surface area (Å²) in [6.07, 6.45) is 7.85. The van der Waals surface area contributed by atoms with Gasteiger partial charge >= 0.3 is 17.1 Å². The second-order valence-electron chi connectivity index (χ2n) is 13.8. The fourth-order valence-corrected chi connectivity index (χ4v) is 8.58. The van der Waals surface area contributed by atoms with Crippen LogP contribution in [-0.2, 0) is 17.1 Å². The standard InChI is InChI=1S/C44H24I4N4.C5H4N2O2.Mn/c45-29-9-1-25(2-10-29)41-33-17-19-35(49-33)42(26-3-11-30(46)12-4-26)37-21-23-39(51-37)44(28-7-15-32(48)16-8-28)40-24-22-38(52-40)43(36-20-18-34(41)50-36)27-5-13-31(47)14-6-27;8-5(9)4-1-6-3-7-2-4;/h1-24H;1-3H,(H,8,9);/q-2;;+3/p-1. The summed E-state index contributed by atoms with van der Waals surface area (Å²) in [5.74, 6) is -1.25. The van der Waals surface area contributed by atoms with Crippen LogP contribution in [0.4, 0.5) is 0 Å². The van der Waals surface area contributed by atoms with E-state index in [1.807, 2.05) is 0 Å². The Bertz CT molecular complexity index is 3060. The van der Waals surface area contributed by atoms with Crippen molar-refractivity contribution in [3.63, 3.8) is 0 Å². The second-order valence-corrected chi connectivity index (χ2v) is 18.8. The zero-order valence-corrected chi connectivity index (χ0v) is 41.8. The molecule has 1 aliphatic rings. The van der Waals surface area contributed by atoms with E-state index >= 15 is 0 Å². The summed E-state index contributed by atoms with van der Waals surface area (Å²) in [5.41, 5.74) is 15.0. The number of carbonyl (C=O) groups excluding carboxylic acids is 1. The van der Waals surface area contributed by atoms with Crippen molar-refractivity contribution >= 4 is 142 Å². The van der Waals surface area contributed by atoms with Gasteiger partial charge in [0.2, 0.25) is 0 Å². The van der Waals surface area contributed by atoms with E-state index in [0.717, 1.165) is 89.0 Å². The van der Waals surface area contributed by atoms with Gasteiger partial charge in [-0.1, -0.05) is 59.6 Å². The fourth-order valence-electron chi connectivity index (χ4n) is 7.14. The first-order valence-electron chi connectivity index (χ1n) is 18.7. The van der Waals surface area contributed by atoms with Crippen LogP contribution in [0.15, 0.2) is 152 Å². The fraction of sp³-hybridized carbons (Fsp3) is 0. The van der Waals surface area contributed by atoms with Crippen molar-refractivity contribution in [2.75, 3.05) is 0 Å². The van der Waals surface area contributed by atoms with Gasteiger partial charge in [0.25, 0.3) is 0 Å². The molecule has 0 atom stereocenters. The van der Waals surface area contributed by atoms with E-state index in [9.17, 15) is 9.90 Å². The minimum Gasteiger partial charge on any atom is -0.657 e. The molecule has 300 valence electrons. The van der Waals surface area contributed by atoms with Crippen molar-refractivity contribution in [1.82, 2.24) is 29.9 Å². The molecule has 4 aromatic carbocycles. The molecule has 13 heteroatoms. The average Bonchev–Trinajstić information content (AvgIpc) is 4.12. The van der Waals surface area contributed by atoms with Gasteiger partial charge < -0.3 is 24.9 Å². The summed E-state index contributed by atoms with van der Waals surface area (Å²) in [6, 6.07) is 47.0. The summed E-state index contributed by atoms with van der Waals surface area (Å²) in [7, 11) is 0. The molecule has 0 amide bonds. The van der Waals surface area contributed by atoms with E-state index < -0.39 is 5.97 Å². The molecule has 0 unspecified atom stereocenters. The third-order valence-corrected chi connectivity index (χ3v) is 12.8. The van der Waals surface area contributed by atoms with Gasteiger partial charge in [-0.25, -0.2) is 15.0 Å². The molecule has 10 rings (SSSR count). The van der Waals surface area contributed by atoms with Gasteiger partial charge in [-0.2, -0.15) is 0 Å². The molecule has 0 radical (unpaired) electrons. The summed E-state index contributed by atoms with van der Waals surface area (Å²) in [6.45, 7) is 0. The van der Waals surface area contributed by atoms with Crippen LogP contribution in [0.2, 0.25) is 0 Å². The number of hydrogen-bond acceptors (Lipinski definition) is 5. The first-order chi connectivity index (χ1) is 29.7. The minimum atomic E-state index is -1.25. The smallest absolute Gasteiger partial charge is 0.657 e. The molecule has 9 aromatic rings. The van der Waals surface area contributed by atoms with Crippen molar-refractivity contribution in [1.29, 1.82) is 0 Å². The Kier molecular flexibility index (Phi) is 13.8. The normalized spacial score (nSPS) is 11.2. The van der Waals surface area contributed by atoms with E-state index in [4.69, 9.17) is 19.9 Å². The first-order valence-corrected chi connectivity index (χ1v) is 23.1. The van der Waals surface area contributed by atoms with Crippen LogP contribution in [0.3, 0.4) is 0 Å². The number of nitrogens with zero attached hydrogens (tertiary/aromatic N) is 6. The van der Waals surface area contributed by atoms with Gasteiger partial charge in [0.1, 0.15) is 6.33 Å². The average molecular weight is 1290 g/mol. The van der Waals surface area contributed by atoms with Gasteiger partial charge in [-0.15, -0.1) is 22.1 Å². The molecule has 6 heterocycles. The minimum absolute atomic E-state index is 0. The number of fused-ring (bicyclic) bond motifs is 8. The first kappa shape index (κ1) is 44.1. The number of carbonyl (C=O) groups is 1. The topological polar surface area (TPSA) is 121 Å². The summed E-state index contributed by atoms with van der Waals surface area (Å²) in [4.78, 5) is 38.4. The number of carboxylic acids is 1. The van der Waals surface area contributed by atoms with E-state index in [1.165, 1.54) is 33.0 Å². The van der Waals surface area contributed by atoms with Crippen LogP contribution in [0.1, 0.15) is 21.7 Å². The van der Waals surface area contributed by atoms with Crippen LogP contribution in [0.25, 0.3) is 89.8 Å². The van der Waals surface area contributed by atoms with Crippen LogP contribution in [0, 0.1) is 14.3 Å². The maximum absolute atomic E-state index is 10.0. The molecule has 0 spiro atoms. The van der Waals surface area contributed by atoms with E-state index in [0.29, 0.717) is 0 Å². The molecule has 0 saturated carbocycles. The number of carboxylic acid groups (broad SMARTS) is 1. The van der Waals surface area contributed by atoms with E-state index in [-0.39, 0.29) is 22.6 Å². The predicted molar refractivity (Wildman–Crippen MR) is 275 cm³/mol. The summed E-state index contributed by atoms with van der Waals surface area (Å²) in [5, 5.41) is 10.0. The molecule has 5 aromatic heterocycles. The Balaban J connectivity index is 0.000000473. The number of aromatic carboxylic acids is 1. The molecule has 8 nitrogen and oxygen atoms in total. The zero-order valence-electron chi connectivity index (χ0n) is 32.0. The van der Waals surface area contributed by atoms with E-state index in [2.05, 4.69) is 246 Å². The van der Waals surface area contributed by atoms with Crippen molar-refractivity contribution < 1.29 is 27.0 Å². The predicted octanol–water partition coefficient (Wildman–Crippen LogP) is 11.8. The largest absolute Gasteiger partial charge is 3.00 e. The van der Waals surface area contributed by atoms with Crippen molar-refractivity contribution in [3.05, 3.63) is 183 Å². The summed E-state index contributed by atoms with van der Waals surface area (Å²) < 4.78 is 4.68. The van der Waals surface area contributed by atoms with Crippen molar-refractivity contribution in [2.24, 2.45) is 0 Å². The second kappa shape index (κ2) is 19.5. The van der Waals surface area contributed by atoms with Crippen LogP contribution in [-0.4, -0.2) is 20.9 Å². The quantitative estimate of drug-likeness (QED) is 0.0949. The molecule has 8 bridgehead atoms. The molecule has 1 aliphatic heterocycles. The van der Waals surface area contributed by atoms with Crippen molar-refractivity contribution in [2.45, 2.75) is 0 Å². The monoisotopic (exact) mass is 1290 g/mol. The number of halogens is 4. The maximum atomic E-state index is 10.0. The number of rotatable bonds is 5. The van der Waals surface area contributed by atoms with Crippen LogP contribution >= 0.6 is 90.4 Å². The number of benzene rings is 4. The molecule has 0 aliphatic carbocycles. The molecular formula is C49H27I4MnN6O2. The molecular weight excluding hydrogens is 1270 g/mol. The Labute approximate surface area is 421 Å². The Morgan fingerprint density at radius 2 is 0.855 bits per heavy atom. The molecule has 0 saturated heterocycles. The van der Waals surface area contributed by atoms with E-state index in [1.54, 1.807) is 0 Å². The van der Waals surface area contributed by atoms with Gasteiger partial charge in [-0.05, 0) is 209 Å². The summed E-state index contributed by atoms with van der Waals surface area (Å²) >= 11 is 9.41. The maximum Gasteiger partial charge on any atom is 3.00 e. The van der Waals surface area contributed by atoms with Gasteiger partial charge in [-0.3, -0.25) is 0 Å². The van der Waals surface area contributed by atoms with Crippen molar-refractivity contribution in [3.8, 4) is 44.5 Å². The Morgan fingerprint density at radius 1 is 0.484 bits per heavy atom. The molecule has 0 N–H and O–H groups in total. The number of aromatic nitrogens is 6. The Morgan fingerprint density at radius 3 is 1.29 bits per heavy atom. The molecule has 0 fully saturated rings.